The van der Waals surface area contributed by atoms with Crippen LogP contribution >= 0.6 is 0 Å². The molecule has 1 aromatic heterocycles. The van der Waals surface area contributed by atoms with Crippen molar-refractivity contribution >= 4 is 11.1 Å². The van der Waals surface area contributed by atoms with E-state index in [1.165, 1.54) is 0 Å². The first kappa shape index (κ1) is 11.9. The molecule has 0 fully saturated rings. The molecule has 1 atom stereocenters. The van der Waals surface area contributed by atoms with E-state index in [1.54, 1.807) is 4.57 Å². The molecule has 1 aromatic carbocycles. The van der Waals surface area contributed by atoms with E-state index in [0.29, 0.717) is 5.58 Å². The van der Waals surface area contributed by atoms with Crippen molar-refractivity contribution < 1.29 is 4.42 Å². The summed E-state index contributed by atoms with van der Waals surface area (Å²) in [4.78, 5) is 11.7. The normalized spacial score (nSPS) is 13.5. The van der Waals surface area contributed by atoms with Gasteiger partial charge in [0.15, 0.2) is 5.58 Å². The van der Waals surface area contributed by atoms with Crippen LogP contribution in [0.2, 0.25) is 0 Å². The van der Waals surface area contributed by atoms with Gasteiger partial charge >= 0.3 is 5.76 Å². The van der Waals surface area contributed by atoms with Crippen molar-refractivity contribution in [2.45, 2.75) is 39.3 Å². The van der Waals surface area contributed by atoms with Crippen LogP contribution in [0.3, 0.4) is 0 Å². The van der Waals surface area contributed by atoms with Gasteiger partial charge < -0.3 is 10.2 Å². The Labute approximate surface area is 100 Å². The maximum atomic E-state index is 11.7. The highest BCUT2D eigenvalue weighted by atomic mass is 16.4. The third kappa shape index (κ3) is 2.26. The van der Waals surface area contributed by atoms with Gasteiger partial charge in [-0.25, -0.2) is 4.79 Å². The van der Waals surface area contributed by atoms with E-state index in [-0.39, 0.29) is 17.8 Å². The monoisotopic (exact) mass is 234 g/mol. The average Bonchev–Trinajstić information content (AvgIpc) is 2.52. The summed E-state index contributed by atoms with van der Waals surface area (Å²) in [5.41, 5.74) is 8.39. The zero-order chi connectivity index (χ0) is 12.6. The van der Waals surface area contributed by atoms with Crippen molar-refractivity contribution in [3.05, 3.63) is 34.3 Å². The fraction of sp³-hybridized carbons (Fsp3) is 0.462. The summed E-state index contributed by atoms with van der Waals surface area (Å²) in [7, 11) is 0. The van der Waals surface area contributed by atoms with Gasteiger partial charge in [-0.05, 0) is 44.9 Å². The van der Waals surface area contributed by atoms with E-state index >= 15 is 0 Å². The third-order valence-electron chi connectivity index (χ3n) is 2.75. The predicted octanol–water partition coefficient (Wildman–Crippen LogP) is 2.07. The summed E-state index contributed by atoms with van der Waals surface area (Å²) in [6.07, 6.45) is 0.799. The van der Waals surface area contributed by atoms with Crippen LogP contribution in [0.5, 0.6) is 0 Å². The van der Waals surface area contributed by atoms with Gasteiger partial charge in [0.2, 0.25) is 0 Å². The lowest BCUT2D eigenvalue weighted by atomic mass is 10.1. The SMILES string of the molecule is CC(N)Cc1ccc2oc(=O)n(C(C)C)c2c1. The molecule has 4 heteroatoms. The van der Waals surface area contributed by atoms with Gasteiger partial charge in [0, 0.05) is 12.1 Å². The Morgan fingerprint density at radius 3 is 2.65 bits per heavy atom. The average molecular weight is 234 g/mol. The largest absolute Gasteiger partial charge is 0.420 e. The standard InChI is InChI=1S/C13H18N2O2/c1-8(2)15-11-7-10(6-9(3)14)4-5-12(11)17-13(15)16/h4-5,7-9H,6,14H2,1-3H3. The lowest BCUT2D eigenvalue weighted by molar-refractivity contribution is 0.478. The molecular formula is C13H18N2O2. The van der Waals surface area contributed by atoms with Gasteiger partial charge in [0.1, 0.15) is 0 Å². The zero-order valence-corrected chi connectivity index (χ0v) is 10.4. The van der Waals surface area contributed by atoms with Crippen molar-refractivity contribution in [3.8, 4) is 0 Å². The minimum atomic E-state index is -0.298. The molecular weight excluding hydrogens is 216 g/mol. The van der Waals surface area contributed by atoms with Crippen molar-refractivity contribution in [3.63, 3.8) is 0 Å². The Morgan fingerprint density at radius 2 is 2.06 bits per heavy atom. The highest BCUT2D eigenvalue weighted by Crippen LogP contribution is 2.19. The number of nitrogens with zero attached hydrogens (tertiary/aromatic N) is 1. The van der Waals surface area contributed by atoms with Crippen LogP contribution in [-0.2, 0) is 6.42 Å². The maximum Gasteiger partial charge on any atom is 0.420 e. The van der Waals surface area contributed by atoms with Crippen LogP contribution in [-0.4, -0.2) is 10.6 Å². The quantitative estimate of drug-likeness (QED) is 0.884. The highest BCUT2D eigenvalue weighted by molar-refractivity contribution is 5.74. The van der Waals surface area contributed by atoms with Crippen molar-refractivity contribution in [1.82, 2.24) is 4.57 Å². The number of hydrogen-bond acceptors (Lipinski definition) is 3. The molecule has 0 bridgehead atoms. The fourth-order valence-corrected chi connectivity index (χ4v) is 2.07. The Bertz CT molecular complexity index is 579. The second-order valence-electron chi connectivity index (χ2n) is 4.82. The van der Waals surface area contributed by atoms with Crippen molar-refractivity contribution in [2.75, 3.05) is 0 Å². The molecule has 0 saturated heterocycles. The molecule has 4 nitrogen and oxygen atoms in total. The Hall–Kier alpha value is -1.55. The molecule has 0 amide bonds. The lowest BCUT2D eigenvalue weighted by Crippen LogP contribution is -2.18. The molecule has 2 aromatic rings. The number of nitrogens with two attached hydrogens (primary N) is 1. The van der Waals surface area contributed by atoms with Crippen LogP contribution in [0.15, 0.2) is 27.4 Å². The second kappa shape index (κ2) is 4.37. The van der Waals surface area contributed by atoms with Gasteiger partial charge in [-0.1, -0.05) is 6.07 Å². The van der Waals surface area contributed by atoms with Gasteiger partial charge in [-0.3, -0.25) is 4.57 Å². The first-order valence-electron chi connectivity index (χ1n) is 5.88. The minimum Gasteiger partial charge on any atom is -0.408 e. The summed E-state index contributed by atoms with van der Waals surface area (Å²) < 4.78 is 6.86. The van der Waals surface area contributed by atoms with Gasteiger partial charge in [-0.15, -0.1) is 0 Å². The number of aromatic nitrogens is 1. The number of rotatable bonds is 3. The smallest absolute Gasteiger partial charge is 0.408 e. The fourth-order valence-electron chi connectivity index (χ4n) is 2.07. The molecule has 1 unspecified atom stereocenters. The van der Waals surface area contributed by atoms with Gasteiger partial charge in [0.05, 0.1) is 5.52 Å². The molecule has 0 saturated carbocycles. The number of oxazole rings is 1. The van der Waals surface area contributed by atoms with Crippen LogP contribution in [0.25, 0.3) is 11.1 Å². The molecule has 0 aliphatic rings. The minimum absolute atomic E-state index is 0.0919. The molecule has 2 N–H and O–H groups in total. The van der Waals surface area contributed by atoms with Crippen LogP contribution in [0.1, 0.15) is 32.4 Å². The van der Waals surface area contributed by atoms with E-state index in [4.69, 9.17) is 10.2 Å². The topological polar surface area (TPSA) is 61.2 Å². The Kier molecular flexibility index (Phi) is 3.07. The maximum absolute atomic E-state index is 11.7. The molecule has 92 valence electrons. The Morgan fingerprint density at radius 1 is 1.35 bits per heavy atom. The number of benzene rings is 1. The predicted molar refractivity (Wildman–Crippen MR) is 68.2 cm³/mol. The van der Waals surface area contributed by atoms with Crippen molar-refractivity contribution in [2.24, 2.45) is 5.73 Å². The van der Waals surface area contributed by atoms with E-state index in [2.05, 4.69) is 0 Å². The third-order valence-corrected chi connectivity index (χ3v) is 2.75. The highest BCUT2D eigenvalue weighted by Gasteiger charge is 2.12. The van der Waals surface area contributed by atoms with E-state index in [0.717, 1.165) is 17.5 Å². The van der Waals surface area contributed by atoms with E-state index in [1.807, 2.05) is 39.0 Å². The molecule has 2 rings (SSSR count). The summed E-state index contributed by atoms with van der Waals surface area (Å²) in [5.74, 6) is -0.298. The molecule has 17 heavy (non-hydrogen) atoms. The summed E-state index contributed by atoms with van der Waals surface area (Å²) >= 11 is 0. The molecule has 0 spiro atoms. The molecule has 0 aliphatic carbocycles. The first-order chi connectivity index (χ1) is 7.99. The van der Waals surface area contributed by atoms with Crippen LogP contribution in [0.4, 0.5) is 0 Å². The molecule has 0 aliphatic heterocycles. The Balaban J connectivity index is 2.58. The molecule has 0 radical (unpaired) electrons. The summed E-state index contributed by atoms with van der Waals surface area (Å²) in [5, 5.41) is 0. The van der Waals surface area contributed by atoms with Crippen LogP contribution in [0, 0.1) is 0 Å². The molecule has 1 heterocycles. The first-order valence-corrected chi connectivity index (χ1v) is 5.88. The van der Waals surface area contributed by atoms with Gasteiger partial charge in [-0.2, -0.15) is 0 Å². The van der Waals surface area contributed by atoms with E-state index in [9.17, 15) is 4.79 Å². The van der Waals surface area contributed by atoms with Crippen LogP contribution < -0.4 is 11.5 Å². The summed E-state index contributed by atoms with van der Waals surface area (Å²) in [6, 6.07) is 5.99. The number of hydrogen-bond donors (Lipinski definition) is 1. The zero-order valence-electron chi connectivity index (χ0n) is 10.4. The van der Waals surface area contributed by atoms with E-state index < -0.39 is 0 Å². The lowest BCUT2D eigenvalue weighted by Gasteiger charge is -2.08. The van der Waals surface area contributed by atoms with Gasteiger partial charge in [0.25, 0.3) is 0 Å². The summed E-state index contributed by atoms with van der Waals surface area (Å²) in [6.45, 7) is 5.90. The second-order valence-corrected chi connectivity index (χ2v) is 4.82. The van der Waals surface area contributed by atoms with Crippen molar-refractivity contribution in [1.29, 1.82) is 0 Å². The number of fused-ring (bicyclic) bond motifs is 1.